The van der Waals surface area contributed by atoms with Crippen molar-refractivity contribution < 1.29 is 31.5 Å². The highest BCUT2D eigenvalue weighted by Gasteiger charge is 2.50. The molecule has 0 aliphatic carbocycles. The second-order valence-electron chi connectivity index (χ2n) is 3.39. The molecule has 4 nitrogen and oxygen atoms in total. The van der Waals surface area contributed by atoms with Gasteiger partial charge in [-0.05, 0) is 19.2 Å². The van der Waals surface area contributed by atoms with Crippen molar-refractivity contribution in [2.45, 2.75) is 18.4 Å². The molecular formula is C10H11F4NO3. The van der Waals surface area contributed by atoms with Crippen LogP contribution in [0.15, 0.2) is 16.5 Å². The smallest absolute Gasteiger partial charge is 0.373 e. The largest absolute Gasteiger partial charge is 0.463 e. The molecule has 0 radical (unpaired) electrons. The standard InChI is InChI=1S/C10H11F4NO3/c1-15-7(10(13,14)9(11)12)5-3-4-6(18-5)8(16)17-2/h3-4,7,9,15H,1-2H3. The van der Waals surface area contributed by atoms with Gasteiger partial charge in [0.25, 0.3) is 0 Å². The molecule has 0 aromatic carbocycles. The molecule has 0 aliphatic heterocycles. The van der Waals surface area contributed by atoms with Crippen molar-refractivity contribution in [3.8, 4) is 0 Å². The summed E-state index contributed by atoms with van der Waals surface area (Å²) in [7, 11) is 2.16. The molecule has 0 saturated carbocycles. The summed E-state index contributed by atoms with van der Waals surface area (Å²) in [5.74, 6) is -6.00. The van der Waals surface area contributed by atoms with E-state index in [4.69, 9.17) is 4.42 Å². The van der Waals surface area contributed by atoms with Gasteiger partial charge in [-0.15, -0.1) is 0 Å². The number of carbonyl (C=O) groups excluding carboxylic acids is 1. The summed E-state index contributed by atoms with van der Waals surface area (Å²) in [5, 5.41) is 2.03. The third kappa shape index (κ3) is 2.63. The van der Waals surface area contributed by atoms with Gasteiger partial charge in [-0.1, -0.05) is 0 Å². The van der Waals surface area contributed by atoms with Crippen LogP contribution in [0.25, 0.3) is 0 Å². The van der Waals surface area contributed by atoms with Gasteiger partial charge in [0.05, 0.1) is 7.11 Å². The number of nitrogens with one attached hydrogen (secondary N) is 1. The summed E-state index contributed by atoms with van der Waals surface area (Å²) in [4.78, 5) is 11.0. The Labute approximate surface area is 99.9 Å². The Morgan fingerprint density at radius 1 is 1.44 bits per heavy atom. The van der Waals surface area contributed by atoms with E-state index in [2.05, 4.69) is 4.74 Å². The van der Waals surface area contributed by atoms with Crippen molar-refractivity contribution in [3.05, 3.63) is 23.7 Å². The Balaban J connectivity index is 3.03. The van der Waals surface area contributed by atoms with Gasteiger partial charge in [0.2, 0.25) is 5.76 Å². The van der Waals surface area contributed by atoms with Gasteiger partial charge < -0.3 is 14.5 Å². The topological polar surface area (TPSA) is 51.5 Å². The molecule has 1 aromatic rings. The summed E-state index contributed by atoms with van der Waals surface area (Å²) < 4.78 is 60.0. The number of carbonyl (C=O) groups is 1. The van der Waals surface area contributed by atoms with E-state index >= 15 is 0 Å². The SMILES string of the molecule is CNC(c1ccc(C(=O)OC)o1)C(F)(F)C(F)F. The number of furan rings is 1. The first-order valence-corrected chi connectivity index (χ1v) is 4.85. The number of esters is 1. The lowest BCUT2D eigenvalue weighted by Gasteiger charge is -2.23. The van der Waals surface area contributed by atoms with Gasteiger partial charge in [-0.25, -0.2) is 13.6 Å². The Hall–Kier alpha value is -1.57. The van der Waals surface area contributed by atoms with E-state index in [1.807, 2.05) is 5.32 Å². The minimum absolute atomic E-state index is 0.335. The molecule has 0 fully saturated rings. The van der Waals surface area contributed by atoms with Crippen molar-refractivity contribution in [3.63, 3.8) is 0 Å². The second-order valence-corrected chi connectivity index (χ2v) is 3.39. The van der Waals surface area contributed by atoms with Crippen molar-refractivity contribution in [1.82, 2.24) is 5.32 Å². The van der Waals surface area contributed by atoms with E-state index in [0.29, 0.717) is 0 Å². The van der Waals surface area contributed by atoms with Crippen LogP contribution in [0.5, 0.6) is 0 Å². The number of hydrogen-bond acceptors (Lipinski definition) is 4. The number of methoxy groups -OCH3 is 1. The summed E-state index contributed by atoms with van der Waals surface area (Å²) in [5.41, 5.74) is 0. The van der Waals surface area contributed by atoms with Crippen LogP contribution in [0.1, 0.15) is 22.4 Å². The molecule has 1 atom stereocenters. The lowest BCUT2D eigenvalue weighted by molar-refractivity contribution is -0.153. The van der Waals surface area contributed by atoms with Crippen LogP contribution in [0.3, 0.4) is 0 Å². The molecule has 0 spiro atoms. The van der Waals surface area contributed by atoms with E-state index in [0.717, 1.165) is 26.3 Å². The summed E-state index contributed by atoms with van der Waals surface area (Å²) in [6.07, 6.45) is -3.86. The molecule has 1 unspecified atom stereocenters. The average molecular weight is 269 g/mol. The highest BCUT2D eigenvalue weighted by atomic mass is 19.3. The predicted molar refractivity (Wildman–Crippen MR) is 52.8 cm³/mol. The van der Waals surface area contributed by atoms with Crippen LogP contribution in [-0.4, -0.2) is 32.5 Å². The van der Waals surface area contributed by atoms with E-state index in [1.165, 1.54) is 0 Å². The molecule has 0 amide bonds. The Bertz CT molecular complexity index is 419. The summed E-state index contributed by atoms with van der Waals surface area (Å²) in [6.45, 7) is 0. The number of hydrogen-bond donors (Lipinski definition) is 1. The van der Waals surface area contributed by atoms with Crippen LogP contribution < -0.4 is 5.32 Å². The lowest BCUT2D eigenvalue weighted by Crippen LogP contribution is -2.40. The molecule has 102 valence electrons. The van der Waals surface area contributed by atoms with Crippen molar-refractivity contribution in [2.75, 3.05) is 14.2 Å². The zero-order valence-corrected chi connectivity index (χ0v) is 9.55. The van der Waals surface area contributed by atoms with E-state index in [1.54, 1.807) is 0 Å². The monoisotopic (exact) mass is 269 g/mol. The summed E-state index contributed by atoms with van der Waals surface area (Å²) in [6, 6.07) is 0.0624. The lowest BCUT2D eigenvalue weighted by atomic mass is 10.1. The van der Waals surface area contributed by atoms with Gasteiger partial charge >= 0.3 is 18.3 Å². The molecule has 1 heterocycles. The fourth-order valence-electron chi connectivity index (χ4n) is 1.37. The highest BCUT2D eigenvalue weighted by Crippen LogP contribution is 2.37. The fraction of sp³-hybridized carbons (Fsp3) is 0.500. The molecular weight excluding hydrogens is 258 g/mol. The molecule has 0 bridgehead atoms. The number of ether oxygens (including phenoxy) is 1. The Morgan fingerprint density at radius 3 is 2.50 bits per heavy atom. The van der Waals surface area contributed by atoms with Crippen LogP contribution in [-0.2, 0) is 4.74 Å². The van der Waals surface area contributed by atoms with Gasteiger partial charge in [-0.3, -0.25) is 0 Å². The highest BCUT2D eigenvalue weighted by molar-refractivity contribution is 5.86. The normalized spacial score (nSPS) is 13.7. The van der Waals surface area contributed by atoms with Gasteiger partial charge in [0.15, 0.2) is 0 Å². The summed E-state index contributed by atoms with van der Waals surface area (Å²) >= 11 is 0. The van der Waals surface area contributed by atoms with Crippen LogP contribution >= 0.6 is 0 Å². The zero-order valence-electron chi connectivity index (χ0n) is 9.55. The Morgan fingerprint density at radius 2 is 2.06 bits per heavy atom. The second kappa shape index (κ2) is 5.38. The number of halogens is 4. The fourth-order valence-corrected chi connectivity index (χ4v) is 1.37. The first-order chi connectivity index (χ1) is 8.34. The van der Waals surface area contributed by atoms with Crippen molar-refractivity contribution >= 4 is 5.97 Å². The van der Waals surface area contributed by atoms with Gasteiger partial charge in [-0.2, -0.15) is 8.78 Å². The molecule has 8 heteroatoms. The minimum atomic E-state index is -4.32. The first-order valence-electron chi connectivity index (χ1n) is 4.85. The molecule has 0 saturated heterocycles. The third-order valence-corrected chi connectivity index (χ3v) is 2.26. The maximum atomic E-state index is 13.2. The number of rotatable bonds is 5. The Kier molecular flexibility index (Phi) is 4.33. The van der Waals surface area contributed by atoms with Gasteiger partial charge in [0, 0.05) is 0 Å². The van der Waals surface area contributed by atoms with Crippen LogP contribution in [0.4, 0.5) is 17.6 Å². The molecule has 0 aliphatic rings. The van der Waals surface area contributed by atoms with Crippen LogP contribution in [0, 0.1) is 0 Å². The van der Waals surface area contributed by atoms with Crippen molar-refractivity contribution in [1.29, 1.82) is 0 Å². The minimum Gasteiger partial charge on any atom is -0.463 e. The average Bonchev–Trinajstić information content (AvgIpc) is 2.77. The zero-order chi connectivity index (χ0) is 13.9. The third-order valence-electron chi connectivity index (χ3n) is 2.26. The molecule has 1 N–H and O–H groups in total. The van der Waals surface area contributed by atoms with E-state index in [-0.39, 0.29) is 5.76 Å². The maximum Gasteiger partial charge on any atom is 0.373 e. The van der Waals surface area contributed by atoms with E-state index in [9.17, 15) is 22.4 Å². The molecule has 18 heavy (non-hydrogen) atoms. The molecule has 1 rings (SSSR count). The number of alkyl halides is 4. The quantitative estimate of drug-likeness (QED) is 0.658. The predicted octanol–water partition coefficient (Wildman–Crippen LogP) is 2.23. The van der Waals surface area contributed by atoms with Crippen molar-refractivity contribution in [2.24, 2.45) is 0 Å². The first kappa shape index (κ1) is 14.5. The van der Waals surface area contributed by atoms with Gasteiger partial charge in [0.1, 0.15) is 11.8 Å². The molecule has 1 aromatic heterocycles. The van der Waals surface area contributed by atoms with Crippen LogP contribution in [0.2, 0.25) is 0 Å². The maximum absolute atomic E-state index is 13.2. The van der Waals surface area contributed by atoms with E-state index < -0.39 is 30.1 Å².